The zero-order valence-electron chi connectivity index (χ0n) is 66.6. The van der Waals surface area contributed by atoms with Crippen molar-refractivity contribution in [3.63, 3.8) is 0 Å². The number of aliphatic hydroxyl groups is 1. The Morgan fingerprint density at radius 2 is 1.21 bits per heavy atom. The second-order valence-electron chi connectivity index (χ2n) is 31.3. The summed E-state index contributed by atoms with van der Waals surface area (Å²) in [5.41, 5.74) is 14.5. The van der Waals surface area contributed by atoms with Gasteiger partial charge in [-0.1, -0.05) is 311 Å². The summed E-state index contributed by atoms with van der Waals surface area (Å²) in [6.07, 6.45) is 16.6. The van der Waals surface area contributed by atoms with Crippen LogP contribution in [0.2, 0.25) is 0 Å². The Morgan fingerprint density at radius 3 is 1.76 bits per heavy atom. The third-order valence-electron chi connectivity index (χ3n) is 18.7. The number of nitrogens with two attached hydrogens (primary N) is 1. The van der Waals surface area contributed by atoms with E-state index in [4.69, 9.17) is 5.73 Å². The number of carbonyl (C=O) groups excluding carboxylic acids is 1. The zero-order valence-corrected chi connectivity index (χ0v) is 66.6. The fourth-order valence-electron chi connectivity index (χ4n) is 12.7. The van der Waals surface area contributed by atoms with E-state index in [1.165, 1.54) is 73.6 Å². The van der Waals surface area contributed by atoms with Gasteiger partial charge in [-0.05, 0) is 164 Å². The maximum atomic E-state index is 11.4. The molecule has 0 radical (unpaired) electrons. The van der Waals surface area contributed by atoms with E-state index in [0.717, 1.165) is 69.3 Å². The van der Waals surface area contributed by atoms with E-state index >= 15 is 0 Å². The standard InChI is InChI=1S/C24H32O.C14H21N.C14H18.C13H16.C11H19N.C9H17N.C9H14O/c1-16(2)9-13-24(25)14-11-22-21-8-6-18-15-17(3)5-7-19(18)20(21)10-12-23(22,24)4;1-12(2)8-7-11-15-13(3)14-9-5-4-6-10-14;1-12(2)10-11-14(3,4)13-8-6-5-7-9-13;1-11(2)9-10-12(3)13-7-5-4-6-8-13;1-10(2)6-9-11(12)7-4-3-5-8-11;1-5-10(4)8-6-7-9(2)3;1-8(2)6-4-5-7-9(3)10/h5,7,15-16,20-22,25H,6,8,10-12,14H2,1-4H3;4-6,9-10,12,15H,3,7-8,11H2,1-2H3;5-9,12H,1-4H3;4-8,11-12H,1-3H3;10H,3-5,7-8,12H2,1-2H3;9H,5,8H2,1-4H3;8H,5,7H2,1-3H3. The number of rotatable bonds is 12. The first-order valence-corrected chi connectivity index (χ1v) is 38.1. The lowest BCUT2D eigenvalue weighted by molar-refractivity contribution is -0.116. The largest absolute Gasteiger partial charge is 0.385 e. The van der Waals surface area contributed by atoms with Crippen molar-refractivity contribution in [3.05, 3.63) is 149 Å². The van der Waals surface area contributed by atoms with Gasteiger partial charge in [0.25, 0.3) is 0 Å². The van der Waals surface area contributed by atoms with E-state index in [1.807, 2.05) is 44.2 Å². The number of Topliss-reactive ketones (excluding diaryl/α,β-unsaturated/α-hetero) is 1. The molecule has 8 rings (SSSR count). The molecule has 5 nitrogen and oxygen atoms in total. The molecule has 4 N–H and O–H groups in total. The van der Waals surface area contributed by atoms with Crippen LogP contribution in [0.5, 0.6) is 0 Å². The zero-order chi connectivity index (χ0) is 74.2. The highest BCUT2D eigenvalue weighted by Gasteiger charge is 2.61. The molecule has 4 aromatic carbocycles. The molecule has 0 aliphatic heterocycles. The predicted octanol–water partition coefficient (Wildman–Crippen LogP) is 21.9. The van der Waals surface area contributed by atoms with Gasteiger partial charge in [-0.3, -0.25) is 9.69 Å². The van der Waals surface area contributed by atoms with Crippen molar-refractivity contribution >= 4 is 11.5 Å². The Balaban J connectivity index is 0.000000404. The maximum absolute atomic E-state index is 11.4. The molecule has 540 valence electrons. The minimum atomic E-state index is -0.777. The third kappa shape index (κ3) is 35.5. The molecule has 0 heterocycles. The third-order valence-corrected chi connectivity index (χ3v) is 18.7. The first kappa shape index (κ1) is 88.4. The van der Waals surface area contributed by atoms with Crippen LogP contribution < -0.4 is 11.1 Å². The van der Waals surface area contributed by atoms with Gasteiger partial charge in [0.2, 0.25) is 0 Å². The summed E-state index contributed by atoms with van der Waals surface area (Å²) in [7, 11) is 2.08. The van der Waals surface area contributed by atoms with Crippen LogP contribution in [0, 0.1) is 137 Å². The van der Waals surface area contributed by atoms with Gasteiger partial charge >= 0.3 is 0 Å². The topological polar surface area (TPSA) is 78.6 Å². The molecule has 3 fully saturated rings. The van der Waals surface area contributed by atoms with Crippen LogP contribution in [0.15, 0.2) is 116 Å². The molecule has 4 aromatic rings. The quantitative estimate of drug-likeness (QED) is 0.0973. The number of hydrogen-bond acceptors (Lipinski definition) is 5. The number of fused-ring (bicyclic) bond motifs is 5. The lowest BCUT2D eigenvalue weighted by Gasteiger charge is -2.52. The molecular weight excluding hydrogens is 1200 g/mol. The van der Waals surface area contributed by atoms with E-state index in [-0.39, 0.29) is 22.2 Å². The molecule has 99 heavy (non-hydrogen) atoms. The summed E-state index contributed by atoms with van der Waals surface area (Å²) in [5, 5.41) is 14.8. The number of nitrogens with zero attached hydrogens (tertiary/aromatic N) is 1. The van der Waals surface area contributed by atoms with Crippen LogP contribution in [0.4, 0.5) is 0 Å². The van der Waals surface area contributed by atoms with E-state index < -0.39 is 5.60 Å². The van der Waals surface area contributed by atoms with E-state index in [1.54, 1.807) is 18.1 Å². The molecule has 4 aliphatic carbocycles. The SMILES string of the molecule is C=C(NCCCC(C)C)c1ccccc1.CC(=O)CCC#CC(C)C.CC(C)C#CC(C)(C)c1ccccc1.CC(C)C#CC(C)c1ccccc1.CC(C)C#CC1(N)CCCCC1.CCN(C)CC#CC(C)C.Cc1ccc2c(c1)CCC1C2CCC2(C)C1CCC2(O)C#CC(C)C. The number of carbonyl (C=O) groups is 1. The summed E-state index contributed by atoms with van der Waals surface area (Å²) < 4.78 is 0. The van der Waals surface area contributed by atoms with E-state index in [0.29, 0.717) is 66.1 Å². The Labute approximate surface area is 609 Å². The molecular formula is C94H137N3O2. The van der Waals surface area contributed by atoms with Crippen molar-refractivity contribution < 1.29 is 9.90 Å². The van der Waals surface area contributed by atoms with Crippen molar-refractivity contribution in [2.75, 3.05) is 26.7 Å². The average Bonchev–Trinajstić information content (AvgIpc) is 1.62. The summed E-state index contributed by atoms with van der Waals surface area (Å²) >= 11 is 0. The normalized spacial score (nSPS) is 19.1. The van der Waals surface area contributed by atoms with Crippen LogP contribution >= 0.6 is 0 Å². The van der Waals surface area contributed by atoms with Crippen molar-refractivity contribution in [2.45, 2.75) is 270 Å². The van der Waals surface area contributed by atoms with Gasteiger partial charge in [-0.2, -0.15) is 0 Å². The van der Waals surface area contributed by atoms with E-state index in [9.17, 15) is 9.90 Å². The van der Waals surface area contributed by atoms with E-state index in [2.05, 4.69) is 298 Å². The fourth-order valence-corrected chi connectivity index (χ4v) is 12.7. The number of benzene rings is 4. The monoisotopic (exact) mass is 1340 g/mol. The Morgan fingerprint density at radius 1 is 0.667 bits per heavy atom. The van der Waals surface area contributed by atoms with Crippen LogP contribution in [0.25, 0.3) is 5.70 Å². The van der Waals surface area contributed by atoms with Gasteiger partial charge in [0, 0.05) is 71.9 Å². The maximum Gasteiger partial charge on any atom is 0.131 e. The van der Waals surface area contributed by atoms with Crippen molar-refractivity contribution in [1.82, 2.24) is 10.2 Å². The van der Waals surface area contributed by atoms with Gasteiger partial charge in [0.05, 0.1) is 17.5 Å². The Hall–Kier alpha value is -6.67. The predicted molar refractivity (Wildman–Crippen MR) is 431 cm³/mol. The molecule has 0 saturated heterocycles. The van der Waals surface area contributed by atoms with Gasteiger partial charge < -0.3 is 16.2 Å². The molecule has 0 amide bonds. The summed E-state index contributed by atoms with van der Waals surface area (Å²) in [4.78, 5) is 12.6. The molecule has 0 spiro atoms. The van der Waals surface area contributed by atoms with Crippen molar-refractivity contribution in [2.24, 2.45) is 64.4 Å². The molecule has 5 heteroatoms. The van der Waals surface area contributed by atoms with Gasteiger partial charge in [0.15, 0.2) is 0 Å². The highest BCUT2D eigenvalue weighted by atomic mass is 16.3. The highest BCUT2D eigenvalue weighted by molar-refractivity contribution is 5.75. The lowest BCUT2D eigenvalue weighted by Crippen LogP contribution is -2.50. The Kier molecular flexibility index (Phi) is 41.7. The average molecular weight is 1340 g/mol. The molecule has 4 aliphatic rings. The highest BCUT2D eigenvalue weighted by Crippen LogP contribution is 2.64. The summed E-state index contributed by atoms with van der Waals surface area (Å²) in [5.74, 6) is 44.2. The summed E-state index contributed by atoms with van der Waals surface area (Å²) in [6.45, 7) is 51.5. The van der Waals surface area contributed by atoms with Crippen LogP contribution in [-0.2, 0) is 16.6 Å². The first-order chi connectivity index (χ1) is 46.7. The smallest absolute Gasteiger partial charge is 0.131 e. The van der Waals surface area contributed by atoms with Crippen molar-refractivity contribution in [3.8, 4) is 71.0 Å². The lowest BCUT2D eigenvalue weighted by atomic mass is 9.53. The molecule has 6 unspecified atom stereocenters. The summed E-state index contributed by atoms with van der Waals surface area (Å²) in [6, 6.07) is 38.2. The second-order valence-corrected chi connectivity index (χ2v) is 31.3. The Bertz CT molecular complexity index is 3340. The van der Waals surface area contributed by atoms with Gasteiger partial charge in [-0.25, -0.2) is 0 Å². The van der Waals surface area contributed by atoms with Crippen molar-refractivity contribution in [1.29, 1.82) is 0 Å². The molecule has 0 bridgehead atoms. The minimum absolute atomic E-state index is 0.0295. The van der Waals surface area contributed by atoms with Crippen LogP contribution in [0.1, 0.15) is 274 Å². The minimum Gasteiger partial charge on any atom is -0.385 e. The van der Waals surface area contributed by atoms with Gasteiger partial charge in [-0.15, -0.1) is 11.8 Å². The second kappa shape index (κ2) is 46.7. The number of aryl methyl sites for hydroxylation is 2. The first-order valence-electron chi connectivity index (χ1n) is 38.1. The number of hydrogen-bond donors (Lipinski definition) is 3. The fraction of sp³-hybridized carbons (Fsp3) is 0.585. The molecule has 6 atom stereocenters. The molecule has 3 saturated carbocycles. The molecule has 0 aromatic heterocycles. The van der Waals surface area contributed by atoms with Crippen LogP contribution in [0.3, 0.4) is 0 Å². The number of nitrogens with one attached hydrogen (secondary N) is 1. The van der Waals surface area contributed by atoms with Crippen LogP contribution in [-0.4, -0.2) is 53.6 Å². The number of ketones is 1. The van der Waals surface area contributed by atoms with Gasteiger partial charge in [0.1, 0.15) is 11.4 Å².